The molecule has 2 heteroatoms. The highest BCUT2D eigenvalue weighted by atomic mass is 16.3. The molecule has 2 nitrogen and oxygen atoms in total. The first kappa shape index (κ1) is 23.1. The molecular formula is C27H46O2. The maximum atomic E-state index is 10.3. The van der Waals surface area contributed by atoms with E-state index in [0.29, 0.717) is 17.8 Å². The molecule has 3 aliphatic carbocycles. The highest BCUT2D eigenvalue weighted by Crippen LogP contribution is 2.60. The molecule has 0 amide bonds. The van der Waals surface area contributed by atoms with Crippen molar-refractivity contribution in [1.82, 2.24) is 0 Å². The van der Waals surface area contributed by atoms with Crippen LogP contribution in [0.15, 0.2) is 23.8 Å². The summed E-state index contributed by atoms with van der Waals surface area (Å²) in [5.74, 6) is 3.09. The largest absolute Gasteiger partial charge is 0.390 e. The maximum Gasteiger partial charge on any atom is 0.0849 e. The van der Waals surface area contributed by atoms with Gasteiger partial charge in [-0.3, -0.25) is 0 Å². The van der Waals surface area contributed by atoms with Crippen molar-refractivity contribution in [2.75, 3.05) is 0 Å². The molecule has 3 aliphatic rings. The summed E-state index contributed by atoms with van der Waals surface area (Å²) in [7, 11) is 0. The van der Waals surface area contributed by atoms with Crippen LogP contribution in [0.3, 0.4) is 0 Å². The predicted octanol–water partition coefficient (Wildman–Crippen LogP) is 6.81. The average molecular weight is 403 g/mol. The summed E-state index contributed by atoms with van der Waals surface area (Å²) in [6.45, 7) is 12.7. The lowest BCUT2D eigenvalue weighted by Gasteiger charge is -2.47. The van der Waals surface area contributed by atoms with Crippen LogP contribution in [0.25, 0.3) is 0 Å². The first-order chi connectivity index (χ1) is 13.6. The molecular weight excluding hydrogens is 356 g/mol. The van der Waals surface area contributed by atoms with E-state index < -0.39 is 11.7 Å². The van der Waals surface area contributed by atoms with E-state index >= 15 is 0 Å². The molecule has 3 fully saturated rings. The zero-order valence-corrected chi connectivity index (χ0v) is 19.6. The Morgan fingerprint density at radius 1 is 1.14 bits per heavy atom. The number of aliphatic hydroxyl groups is 2. The number of aliphatic hydroxyl groups excluding tert-OH is 1. The van der Waals surface area contributed by atoms with E-state index in [2.05, 4.69) is 26.5 Å². The van der Waals surface area contributed by atoms with Crippen LogP contribution in [0.5, 0.6) is 0 Å². The molecule has 0 aliphatic heterocycles. The van der Waals surface area contributed by atoms with Gasteiger partial charge in [-0.1, -0.05) is 38.5 Å². The molecule has 0 saturated heterocycles. The van der Waals surface area contributed by atoms with Gasteiger partial charge in [0, 0.05) is 0 Å². The van der Waals surface area contributed by atoms with Gasteiger partial charge in [-0.25, -0.2) is 0 Å². The third-order valence-electron chi connectivity index (χ3n) is 9.04. The molecule has 5 unspecified atom stereocenters. The van der Waals surface area contributed by atoms with Crippen LogP contribution in [0.4, 0.5) is 0 Å². The van der Waals surface area contributed by atoms with Gasteiger partial charge in [0.15, 0.2) is 0 Å². The Balaban J connectivity index is 1.62. The van der Waals surface area contributed by atoms with Crippen molar-refractivity contribution < 1.29 is 10.2 Å². The van der Waals surface area contributed by atoms with Crippen molar-refractivity contribution >= 4 is 0 Å². The van der Waals surface area contributed by atoms with Crippen molar-refractivity contribution in [3.05, 3.63) is 23.8 Å². The average Bonchev–Trinajstić information content (AvgIpc) is 3.02. The van der Waals surface area contributed by atoms with Crippen LogP contribution >= 0.6 is 0 Å². The monoisotopic (exact) mass is 402 g/mol. The summed E-state index contributed by atoms with van der Waals surface area (Å²) >= 11 is 0. The number of fused-ring (bicyclic) bond motifs is 1. The van der Waals surface area contributed by atoms with Gasteiger partial charge >= 0.3 is 0 Å². The molecule has 2 N–H and O–H groups in total. The number of hydrogen-bond acceptors (Lipinski definition) is 2. The summed E-state index contributed by atoms with van der Waals surface area (Å²) in [5, 5.41) is 20.3. The fourth-order valence-electron chi connectivity index (χ4n) is 7.11. The molecule has 0 aromatic rings. The molecule has 29 heavy (non-hydrogen) atoms. The second-order valence-electron chi connectivity index (χ2n) is 11.4. The van der Waals surface area contributed by atoms with E-state index in [1.807, 2.05) is 0 Å². The molecule has 0 aromatic heterocycles. The Morgan fingerprint density at radius 3 is 2.55 bits per heavy atom. The van der Waals surface area contributed by atoms with Crippen LogP contribution in [0, 0.1) is 29.1 Å². The summed E-state index contributed by atoms with van der Waals surface area (Å²) in [5.41, 5.74) is 2.43. The summed E-state index contributed by atoms with van der Waals surface area (Å²) in [6, 6.07) is 0. The molecule has 0 spiro atoms. The number of hydrogen-bond donors (Lipinski definition) is 2. The van der Waals surface area contributed by atoms with Crippen LogP contribution in [-0.2, 0) is 0 Å². The van der Waals surface area contributed by atoms with Crippen LogP contribution in [0.2, 0.25) is 0 Å². The Morgan fingerprint density at radius 2 is 1.86 bits per heavy atom. The van der Waals surface area contributed by atoms with Crippen molar-refractivity contribution in [3.63, 3.8) is 0 Å². The summed E-state index contributed by atoms with van der Waals surface area (Å²) in [6.07, 6.45) is 16.9. The molecule has 0 bridgehead atoms. The minimum absolute atomic E-state index is 0.462. The van der Waals surface area contributed by atoms with Gasteiger partial charge in [0.1, 0.15) is 0 Å². The number of rotatable bonds is 7. The van der Waals surface area contributed by atoms with Crippen LogP contribution < -0.4 is 0 Å². The van der Waals surface area contributed by atoms with E-state index in [1.165, 1.54) is 69.8 Å². The minimum Gasteiger partial charge on any atom is -0.390 e. The van der Waals surface area contributed by atoms with Gasteiger partial charge in [-0.05, 0) is 119 Å². The fraction of sp³-hybridized carbons (Fsp3) is 0.852. The molecule has 0 aromatic carbocycles. The zero-order valence-electron chi connectivity index (χ0n) is 19.6. The highest BCUT2D eigenvalue weighted by Gasteiger charge is 2.52. The Kier molecular flexibility index (Phi) is 7.37. The van der Waals surface area contributed by atoms with Crippen molar-refractivity contribution in [2.24, 2.45) is 29.1 Å². The second-order valence-corrected chi connectivity index (χ2v) is 11.4. The van der Waals surface area contributed by atoms with Crippen molar-refractivity contribution in [2.45, 2.75) is 116 Å². The van der Waals surface area contributed by atoms with E-state index in [0.717, 1.165) is 24.2 Å². The van der Waals surface area contributed by atoms with Gasteiger partial charge < -0.3 is 10.2 Å². The molecule has 6 atom stereocenters. The van der Waals surface area contributed by atoms with Gasteiger partial charge in [0.05, 0.1) is 11.7 Å². The Bertz CT molecular complexity index is 598. The Hall–Kier alpha value is -0.600. The second kappa shape index (κ2) is 9.27. The maximum absolute atomic E-state index is 10.3. The molecule has 0 radical (unpaired) electrons. The van der Waals surface area contributed by atoms with Crippen molar-refractivity contribution in [3.8, 4) is 0 Å². The van der Waals surface area contributed by atoms with Gasteiger partial charge in [-0.2, -0.15) is 0 Å². The molecule has 0 heterocycles. The van der Waals surface area contributed by atoms with E-state index in [1.54, 1.807) is 19.4 Å². The molecule has 3 saturated carbocycles. The van der Waals surface area contributed by atoms with E-state index in [9.17, 15) is 10.2 Å². The van der Waals surface area contributed by atoms with Gasteiger partial charge in [0.2, 0.25) is 0 Å². The van der Waals surface area contributed by atoms with E-state index in [4.69, 9.17) is 0 Å². The molecule has 166 valence electrons. The lowest BCUT2D eigenvalue weighted by molar-refractivity contribution is -0.0562. The predicted molar refractivity (Wildman–Crippen MR) is 123 cm³/mol. The number of allylic oxidation sites excluding steroid dienone is 3. The molecule has 3 rings (SSSR count). The zero-order chi connectivity index (χ0) is 21.2. The topological polar surface area (TPSA) is 40.5 Å². The lowest BCUT2D eigenvalue weighted by atomic mass is 9.58. The first-order valence-corrected chi connectivity index (χ1v) is 12.4. The quantitative estimate of drug-likeness (QED) is 0.491. The normalized spacial score (nSPS) is 36.8. The summed E-state index contributed by atoms with van der Waals surface area (Å²) < 4.78 is 0. The first-order valence-electron chi connectivity index (χ1n) is 12.4. The smallest absolute Gasteiger partial charge is 0.0849 e. The van der Waals surface area contributed by atoms with Gasteiger partial charge in [-0.15, -0.1) is 0 Å². The summed E-state index contributed by atoms with van der Waals surface area (Å²) in [4.78, 5) is 0. The third-order valence-corrected chi connectivity index (χ3v) is 9.04. The van der Waals surface area contributed by atoms with Crippen LogP contribution in [-0.4, -0.2) is 21.9 Å². The van der Waals surface area contributed by atoms with Gasteiger partial charge in [0.25, 0.3) is 0 Å². The van der Waals surface area contributed by atoms with Crippen LogP contribution in [0.1, 0.15) is 105 Å². The standard InChI is InChI=1S/C27H46O2/c1-19-9-6-7-10-21(19)13-14-22-11-8-18-27(5)23(15-16-24(22)27)20(2)12-17-25(28)26(3,4)29/h13,20,22-25,28-29H,1,6-12,14-18H2,2-5H3/b21-13-/t20?,22?,23?,24?,25-,27?/m0/s1. The third kappa shape index (κ3) is 5.18. The lowest BCUT2D eigenvalue weighted by Crippen LogP contribution is -2.40. The fourth-order valence-corrected chi connectivity index (χ4v) is 7.11. The minimum atomic E-state index is -0.992. The Labute approximate surface area is 179 Å². The SMILES string of the molecule is C=C1CCCC/C1=C/CC1CCCC2(C)C(C(C)CC[C@H](O)C(C)(C)O)CCC12. The van der Waals surface area contributed by atoms with Crippen molar-refractivity contribution in [1.29, 1.82) is 0 Å². The van der Waals surface area contributed by atoms with E-state index in [-0.39, 0.29) is 0 Å². The highest BCUT2D eigenvalue weighted by molar-refractivity contribution is 5.30.